The van der Waals surface area contributed by atoms with Crippen molar-refractivity contribution in [2.75, 3.05) is 36.1 Å². The lowest BCUT2D eigenvalue weighted by atomic mass is 10.1. The van der Waals surface area contributed by atoms with Crippen LogP contribution in [-0.2, 0) is 21.2 Å². The molecule has 0 spiro atoms. The van der Waals surface area contributed by atoms with E-state index in [0.29, 0.717) is 23.0 Å². The van der Waals surface area contributed by atoms with Gasteiger partial charge in [-0.25, -0.2) is 8.42 Å². The first-order chi connectivity index (χ1) is 14.9. The van der Waals surface area contributed by atoms with Crippen LogP contribution in [0.2, 0.25) is 5.02 Å². The summed E-state index contributed by atoms with van der Waals surface area (Å²) in [6.07, 6.45) is 3.92. The highest BCUT2D eigenvalue weighted by molar-refractivity contribution is 7.91. The van der Waals surface area contributed by atoms with Gasteiger partial charge in [-0.3, -0.25) is 4.79 Å². The van der Waals surface area contributed by atoms with Gasteiger partial charge in [-0.1, -0.05) is 23.7 Å². The molecule has 0 N–H and O–H groups in total. The Kier molecular flexibility index (Phi) is 6.77. The molecule has 0 radical (unpaired) electrons. The molecule has 3 heterocycles. The van der Waals surface area contributed by atoms with E-state index < -0.39 is 15.9 Å². The average Bonchev–Trinajstić information content (AvgIpc) is 3.38. The minimum absolute atomic E-state index is 0.0372. The van der Waals surface area contributed by atoms with Crippen LogP contribution in [0.4, 0.5) is 5.88 Å². The van der Waals surface area contributed by atoms with E-state index in [4.69, 9.17) is 20.8 Å². The zero-order chi connectivity index (χ0) is 21.8. The van der Waals surface area contributed by atoms with Crippen molar-refractivity contribution in [3.63, 3.8) is 0 Å². The van der Waals surface area contributed by atoms with E-state index in [0.717, 1.165) is 31.8 Å². The molecule has 2 saturated heterocycles. The van der Waals surface area contributed by atoms with Crippen LogP contribution in [-0.4, -0.2) is 56.5 Å². The van der Waals surface area contributed by atoms with Gasteiger partial charge in [0.15, 0.2) is 22.3 Å². The van der Waals surface area contributed by atoms with Gasteiger partial charge in [-0.2, -0.15) is 0 Å². The third kappa shape index (κ3) is 5.54. The van der Waals surface area contributed by atoms with Crippen LogP contribution in [0.3, 0.4) is 0 Å². The zero-order valence-electron chi connectivity index (χ0n) is 17.3. The van der Waals surface area contributed by atoms with Crippen molar-refractivity contribution in [1.82, 2.24) is 4.90 Å². The maximum Gasteiger partial charge on any atom is 0.261 e. The lowest BCUT2D eigenvalue weighted by Gasteiger charge is -2.28. The van der Waals surface area contributed by atoms with Gasteiger partial charge in [0, 0.05) is 25.2 Å². The molecule has 2 aliphatic rings. The Balaban J connectivity index is 1.47. The molecule has 1 aromatic carbocycles. The molecule has 0 bridgehead atoms. The molecule has 31 heavy (non-hydrogen) atoms. The number of rotatable bonds is 7. The Morgan fingerprint density at radius 3 is 2.65 bits per heavy atom. The number of hydrogen-bond donors (Lipinski definition) is 0. The second-order valence-corrected chi connectivity index (χ2v) is 10.7. The number of nitrogens with zero attached hydrogens (tertiary/aromatic N) is 2. The molecule has 1 amide bonds. The van der Waals surface area contributed by atoms with Gasteiger partial charge in [0.25, 0.3) is 5.91 Å². The molecular formula is C22H27ClN2O5S. The van der Waals surface area contributed by atoms with Crippen LogP contribution in [0.5, 0.6) is 5.75 Å². The van der Waals surface area contributed by atoms with E-state index in [1.807, 2.05) is 12.1 Å². The van der Waals surface area contributed by atoms with E-state index in [2.05, 4.69) is 4.90 Å². The van der Waals surface area contributed by atoms with E-state index >= 15 is 0 Å². The predicted octanol–water partition coefficient (Wildman–Crippen LogP) is 3.52. The fourth-order valence-electron chi connectivity index (χ4n) is 4.13. The van der Waals surface area contributed by atoms with Crippen molar-refractivity contribution in [1.29, 1.82) is 0 Å². The van der Waals surface area contributed by atoms with E-state index in [-0.39, 0.29) is 30.6 Å². The van der Waals surface area contributed by atoms with Crippen LogP contribution in [0.25, 0.3) is 0 Å². The highest BCUT2D eigenvalue weighted by atomic mass is 35.5. The highest BCUT2D eigenvalue weighted by Crippen LogP contribution is 2.27. The molecule has 4 rings (SSSR count). The van der Waals surface area contributed by atoms with Gasteiger partial charge >= 0.3 is 0 Å². The van der Waals surface area contributed by atoms with Gasteiger partial charge in [-0.05, 0) is 43.9 Å². The van der Waals surface area contributed by atoms with Crippen LogP contribution in [0.15, 0.2) is 40.8 Å². The normalized spacial score (nSPS) is 20.5. The monoisotopic (exact) mass is 466 g/mol. The number of amides is 1. The van der Waals surface area contributed by atoms with E-state index in [9.17, 15) is 13.2 Å². The van der Waals surface area contributed by atoms with E-state index in [1.165, 1.54) is 6.42 Å². The molecule has 7 nitrogen and oxygen atoms in total. The number of carbonyl (C=O) groups excluding carboxylic acids is 1. The van der Waals surface area contributed by atoms with E-state index in [1.54, 1.807) is 29.2 Å². The van der Waals surface area contributed by atoms with Gasteiger partial charge in [0.05, 0.1) is 23.1 Å². The van der Waals surface area contributed by atoms with Gasteiger partial charge in [0.1, 0.15) is 11.5 Å². The molecule has 168 valence electrons. The summed E-state index contributed by atoms with van der Waals surface area (Å²) in [5.74, 6) is 1.61. The van der Waals surface area contributed by atoms with Crippen molar-refractivity contribution in [2.24, 2.45) is 0 Å². The van der Waals surface area contributed by atoms with Crippen molar-refractivity contribution >= 4 is 33.2 Å². The van der Waals surface area contributed by atoms with Gasteiger partial charge < -0.3 is 19.0 Å². The molecule has 2 aromatic rings. The number of carbonyl (C=O) groups is 1. The predicted molar refractivity (Wildman–Crippen MR) is 119 cm³/mol. The number of piperidine rings is 1. The molecule has 9 heteroatoms. The molecule has 0 saturated carbocycles. The van der Waals surface area contributed by atoms with Gasteiger partial charge in [-0.15, -0.1) is 0 Å². The molecule has 1 unspecified atom stereocenters. The summed E-state index contributed by atoms with van der Waals surface area (Å²) in [7, 11) is -3.15. The number of hydrogen-bond acceptors (Lipinski definition) is 6. The fourth-order valence-corrected chi connectivity index (χ4v) is 6.05. The molecular weight excluding hydrogens is 440 g/mol. The quantitative estimate of drug-likeness (QED) is 0.621. The third-order valence-corrected chi connectivity index (χ3v) is 7.86. The minimum atomic E-state index is -3.15. The molecule has 2 fully saturated rings. The summed E-state index contributed by atoms with van der Waals surface area (Å²) >= 11 is 6.11. The molecule has 1 atom stereocenters. The van der Waals surface area contributed by atoms with Crippen molar-refractivity contribution in [3.05, 3.63) is 47.2 Å². The summed E-state index contributed by atoms with van der Waals surface area (Å²) in [4.78, 5) is 16.8. The molecule has 0 aliphatic carbocycles. The Morgan fingerprint density at radius 1 is 1.16 bits per heavy atom. The van der Waals surface area contributed by atoms with Crippen LogP contribution in [0.1, 0.15) is 31.4 Å². The Morgan fingerprint density at radius 2 is 1.94 bits per heavy atom. The first-order valence-corrected chi connectivity index (χ1v) is 12.8. The largest absolute Gasteiger partial charge is 0.482 e. The van der Waals surface area contributed by atoms with Crippen molar-refractivity contribution in [3.8, 4) is 5.75 Å². The number of furan rings is 1. The smallest absolute Gasteiger partial charge is 0.261 e. The Hall–Kier alpha value is -2.19. The number of ether oxygens (including phenoxy) is 1. The highest BCUT2D eigenvalue weighted by Gasteiger charge is 2.35. The number of sulfone groups is 1. The average molecular weight is 467 g/mol. The second kappa shape index (κ2) is 9.53. The second-order valence-electron chi connectivity index (χ2n) is 8.09. The van der Waals surface area contributed by atoms with Crippen LogP contribution in [0, 0.1) is 0 Å². The third-order valence-electron chi connectivity index (χ3n) is 5.80. The standard InChI is InChI=1S/C22H27ClN2O5S/c23-19-6-2-3-7-20(19)29-15-21(26)25(17-10-13-31(27,28)16-17)14-18-8-9-22(30-18)24-11-4-1-5-12-24/h2-3,6-9,17H,1,4-5,10-16H2. The summed E-state index contributed by atoms with van der Waals surface area (Å²) in [5, 5.41) is 0.419. The topological polar surface area (TPSA) is 80.1 Å². The number of benzene rings is 1. The summed E-state index contributed by atoms with van der Waals surface area (Å²) in [5.41, 5.74) is 0. The molecule has 2 aliphatic heterocycles. The first-order valence-electron chi connectivity index (χ1n) is 10.6. The van der Waals surface area contributed by atoms with Crippen molar-refractivity contribution in [2.45, 2.75) is 38.3 Å². The number of halogens is 1. The van der Waals surface area contributed by atoms with Crippen LogP contribution < -0.4 is 9.64 Å². The Bertz CT molecular complexity index is 1020. The SMILES string of the molecule is O=C(COc1ccccc1Cl)N(Cc1ccc(N2CCCCC2)o1)C1CCS(=O)(=O)C1. The lowest BCUT2D eigenvalue weighted by Crippen LogP contribution is -2.43. The first kappa shape index (κ1) is 22.0. The number of anilines is 1. The maximum atomic E-state index is 13.0. The fraction of sp³-hybridized carbons (Fsp3) is 0.500. The van der Waals surface area contributed by atoms with Crippen molar-refractivity contribution < 1.29 is 22.4 Å². The Labute approximate surface area is 187 Å². The summed E-state index contributed by atoms with van der Waals surface area (Å²) in [6, 6.07) is 10.3. The minimum Gasteiger partial charge on any atom is -0.482 e. The van der Waals surface area contributed by atoms with Gasteiger partial charge in [0.2, 0.25) is 0 Å². The summed E-state index contributed by atoms with van der Waals surface area (Å²) in [6.45, 7) is 1.91. The molecule has 1 aromatic heterocycles. The van der Waals surface area contributed by atoms with Crippen LogP contribution >= 0.6 is 11.6 Å². The maximum absolute atomic E-state index is 13.0. The number of para-hydroxylation sites is 1. The lowest BCUT2D eigenvalue weighted by molar-refractivity contribution is -0.136. The zero-order valence-corrected chi connectivity index (χ0v) is 18.9. The summed E-state index contributed by atoms with van der Waals surface area (Å²) < 4.78 is 35.7.